The number of nitrogens with one attached hydrogen (secondary N) is 3. The molecule has 4 amide bonds. The zero-order valence-corrected chi connectivity index (χ0v) is 28.1. The summed E-state index contributed by atoms with van der Waals surface area (Å²) in [7, 11) is 2.02. The number of piperazine rings is 1. The monoisotopic (exact) mass is 674 g/mol. The van der Waals surface area contributed by atoms with Crippen molar-refractivity contribution in [3.63, 3.8) is 0 Å². The molecule has 3 N–H and O–H groups in total. The van der Waals surface area contributed by atoms with Gasteiger partial charge in [0.1, 0.15) is 35.3 Å². The van der Waals surface area contributed by atoms with Gasteiger partial charge in [0.2, 0.25) is 17.7 Å². The molecule has 4 aromatic rings. The molecule has 4 bridgehead atoms. The molecule has 0 spiro atoms. The number of carbonyl (C=O) groups excluding carboxylic acids is 4. The van der Waals surface area contributed by atoms with Crippen LogP contribution in [-0.4, -0.2) is 89.8 Å². The Morgan fingerprint density at radius 2 is 1.48 bits per heavy atom. The maximum Gasteiger partial charge on any atom is 0.270 e. The number of carbonyl (C=O) groups is 4. The van der Waals surface area contributed by atoms with Crippen LogP contribution in [0.15, 0.2) is 103 Å². The van der Waals surface area contributed by atoms with E-state index in [0.29, 0.717) is 31.0 Å². The summed E-state index contributed by atoms with van der Waals surface area (Å²) in [4.78, 5) is 63.8. The number of hydrogen-bond acceptors (Lipinski definition) is 7. The summed E-state index contributed by atoms with van der Waals surface area (Å²) >= 11 is 0. The Balaban J connectivity index is 1.35. The third-order valence-electron chi connectivity index (χ3n) is 9.06. The highest BCUT2D eigenvalue weighted by atomic mass is 16.5. The molecule has 6 rings (SSSR count). The zero-order valence-electron chi connectivity index (χ0n) is 28.1. The van der Waals surface area contributed by atoms with E-state index in [0.717, 1.165) is 29.8 Å². The number of aryl methyl sites for hydroxylation is 1. The molecule has 11 nitrogen and oxygen atoms in total. The molecule has 3 atom stereocenters. The van der Waals surface area contributed by atoms with Crippen LogP contribution in [0.1, 0.15) is 33.6 Å². The van der Waals surface area contributed by atoms with Crippen LogP contribution < -0.4 is 20.7 Å². The van der Waals surface area contributed by atoms with Crippen LogP contribution in [0, 0.1) is 0 Å². The second-order valence-corrected chi connectivity index (χ2v) is 12.8. The molecule has 258 valence electrons. The average Bonchev–Trinajstić information content (AvgIpc) is 3.13. The fourth-order valence-electron chi connectivity index (χ4n) is 6.23. The van der Waals surface area contributed by atoms with Crippen molar-refractivity contribution in [2.45, 2.75) is 43.8 Å². The number of ether oxygens (including phenoxy) is 1. The van der Waals surface area contributed by atoms with Gasteiger partial charge in [-0.2, -0.15) is 0 Å². The van der Waals surface area contributed by atoms with Crippen molar-refractivity contribution >= 4 is 23.6 Å². The molecule has 3 aromatic carbocycles. The van der Waals surface area contributed by atoms with Crippen molar-refractivity contribution in [1.29, 1.82) is 0 Å². The molecule has 0 aliphatic carbocycles. The van der Waals surface area contributed by atoms with Crippen LogP contribution in [0.5, 0.6) is 11.5 Å². The molecule has 0 saturated carbocycles. The molecule has 1 aromatic heterocycles. The standard InChI is InChI=1S/C39H42N6O5/c1-44-19-21-45(22-20-44)39(49)35-26-29-12-8-14-31(24-29)50-30-13-7-11-28(23-30)25-34(42-36(46)32-15-5-6-18-40-32)38(48)41-33(37(47)43-35)17-16-27-9-3-2-4-10-27/h2-15,18,23-24,33-35H,16-17,19-22,25-26H2,1H3,(H,41,48)(H,42,46)(H,43,47)/t33-,34-,35-/m0/s1. The van der Waals surface area contributed by atoms with E-state index >= 15 is 0 Å². The highest BCUT2D eigenvalue weighted by Gasteiger charge is 2.33. The minimum Gasteiger partial charge on any atom is -0.457 e. The fraction of sp³-hybridized carbons (Fsp3) is 0.308. The van der Waals surface area contributed by atoms with Gasteiger partial charge in [-0.3, -0.25) is 24.2 Å². The molecule has 3 heterocycles. The minimum absolute atomic E-state index is 0.124. The van der Waals surface area contributed by atoms with Crippen LogP contribution in [-0.2, 0) is 33.6 Å². The number of amides is 4. The van der Waals surface area contributed by atoms with E-state index in [9.17, 15) is 19.2 Å². The first-order valence-electron chi connectivity index (χ1n) is 17.0. The molecular formula is C39H42N6O5. The smallest absolute Gasteiger partial charge is 0.270 e. The summed E-state index contributed by atoms with van der Waals surface area (Å²) in [6, 6.07) is 26.5. The predicted octanol–water partition coefficient (Wildman–Crippen LogP) is 3.15. The topological polar surface area (TPSA) is 133 Å². The van der Waals surface area contributed by atoms with Gasteiger partial charge in [0.15, 0.2) is 0 Å². The van der Waals surface area contributed by atoms with E-state index < -0.39 is 35.8 Å². The van der Waals surface area contributed by atoms with Crippen molar-refractivity contribution in [3.05, 3.63) is 126 Å². The lowest BCUT2D eigenvalue weighted by Crippen LogP contribution is -2.59. The third kappa shape index (κ3) is 9.12. The van der Waals surface area contributed by atoms with E-state index in [1.807, 2.05) is 85.9 Å². The highest BCUT2D eigenvalue weighted by molar-refractivity contribution is 5.98. The van der Waals surface area contributed by atoms with Crippen LogP contribution in [0.25, 0.3) is 0 Å². The van der Waals surface area contributed by atoms with Gasteiger partial charge in [-0.25, -0.2) is 0 Å². The summed E-state index contributed by atoms with van der Waals surface area (Å²) in [5, 5.41) is 8.78. The van der Waals surface area contributed by atoms with Gasteiger partial charge in [-0.15, -0.1) is 0 Å². The number of rotatable bonds is 6. The summed E-state index contributed by atoms with van der Waals surface area (Å²) < 4.78 is 6.22. The van der Waals surface area contributed by atoms with Gasteiger partial charge >= 0.3 is 0 Å². The second-order valence-electron chi connectivity index (χ2n) is 12.8. The maximum absolute atomic E-state index is 14.2. The average molecular weight is 675 g/mol. The predicted molar refractivity (Wildman–Crippen MR) is 189 cm³/mol. The SMILES string of the molecule is CN1CCN(C(=O)[C@@H]2Cc3cccc(c3)Oc3cccc(c3)C[C@H](NC(=O)c3ccccn3)C(=O)N[C@@H](CCc3ccccc3)C(=O)N2)CC1. The number of fused-ring (bicyclic) bond motifs is 4. The number of aromatic nitrogens is 1. The lowest BCUT2D eigenvalue weighted by Gasteiger charge is -2.35. The van der Waals surface area contributed by atoms with Crippen LogP contribution in [0.2, 0.25) is 0 Å². The second kappa shape index (κ2) is 16.2. The van der Waals surface area contributed by atoms with E-state index in [-0.39, 0.29) is 30.9 Å². The molecule has 0 radical (unpaired) electrons. The number of likely N-dealkylation sites (N-methyl/N-ethyl adjacent to an activating group) is 1. The first-order chi connectivity index (χ1) is 24.3. The molecule has 2 aliphatic heterocycles. The lowest BCUT2D eigenvalue weighted by atomic mass is 10.00. The van der Waals surface area contributed by atoms with E-state index in [1.54, 1.807) is 23.1 Å². The van der Waals surface area contributed by atoms with E-state index in [4.69, 9.17) is 4.74 Å². The molecule has 50 heavy (non-hydrogen) atoms. The lowest BCUT2D eigenvalue weighted by molar-refractivity contribution is -0.138. The normalized spacial score (nSPS) is 20.2. The van der Waals surface area contributed by atoms with Gasteiger partial charge < -0.3 is 30.5 Å². The number of nitrogens with zero attached hydrogens (tertiary/aromatic N) is 3. The molecule has 2 aliphatic rings. The maximum atomic E-state index is 14.2. The minimum atomic E-state index is -1.05. The number of pyridine rings is 1. The largest absolute Gasteiger partial charge is 0.457 e. The molecular weight excluding hydrogens is 632 g/mol. The summed E-state index contributed by atoms with van der Waals surface area (Å²) in [6.45, 7) is 2.56. The third-order valence-corrected chi connectivity index (χ3v) is 9.06. The van der Waals surface area contributed by atoms with E-state index in [1.165, 1.54) is 6.20 Å². The van der Waals surface area contributed by atoms with Gasteiger partial charge in [-0.05, 0) is 73.0 Å². The zero-order chi connectivity index (χ0) is 34.9. The first kappa shape index (κ1) is 34.3. The Labute approximate surface area is 292 Å². The quantitative estimate of drug-likeness (QED) is 0.286. The molecule has 1 fully saturated rings. The Bertz CT molecular complexity index is 1800. The van der Waals surface area contributed by atoms with Gasteiger partial charge in [0.05, 0.1) is 0 Å². The van der Waals surface area contributed by atoms with Crippen molar-refractivity contribution in [2.24, 2.45) is 0 Å². The highest BCUT2D eigenvalue weighted by Crippen LogP contribution is 2.25. The summed E-state index contributed by atoms with van der Waals surface area (Å²) in [5.74, 6) is -0.581. The van der Waals surface area contributed by atoms with Gasteiger partial charge in [0, 0.05) is 45.2 Å². The number of benzene rings is 3. The molecule has 1 saturated heterocycles. The van der Waals surface area contributed by atoms with Crippen molar-refractivity contribution in [3.8, 4) is 11.5 Å². The summed E-state index contributed by atoms with van der Waals surface area (Å²) in [6.07, 6.45) is 2.64. The Morgan fingerprint density at radius 1 is 0.800 bits per heavy atom. The van der Waals surface area contributed by atoms with Crippen molar-refractivity contribution in [2.75, 3.05) is 33.2 Å². The van der Waals surface area contributed by atoms with Crippen LogP contribution in [0.4, 0.5) is 0 Å². The van der Waals surface area contributed by atoms with Gasteiger partial charge in [-0.1, -0.05) is 60.7 Å². The summed E-state index contributed by atoms with van der Waals surface area (Å²) in [5.41, 5.74) is 2.73. The van der Waals surface area contributed by atoms with Crippen molar-refractivity contribution in [1.82, 2.24) is 30.7 Å². The van der Waals surface area contributed by atoms with Gasteiger partial charge in [0.25, 0.3) is 5.91 Å². The van der Waals surface area contributed by atoms with Crippen LogP contribution >= 0.6 is 0 Å². The molecule has 11 heteroatoms. The number of hydrogen-bond donors (Lipinski definition) is 3. The fourth-order valence-corrected chi connectivity index (χ4v) is 6.23. The first-order valence-corrected chi connectivity index (χ1v) is 17.0. The molecule has 0 unspecified atom stereocenters. The van der Waals surface area contributed by atoms with E-state index in [2.05, 4.69) is 25.8 Å². The Kier molecular flexibility index (Phi) is 11.1. The Morgan fingerprint density at radius 3 is 2.16 bits per heavy atom. The van der Waals surface area contributed by atoms with Crippen LogP contribution in [0.3, 0.4) is 0 Å². The Hall–Kier alpha value is -5.55. The van der Waals surface area contributed by atoms with Crippen molar-refractivity contribution < 1.29 is 23.9 Å².